The number of pyridine rings is 1. The number of nitrogens with zero attached hydrogens (tertiary/aromatic N) is 3. The van der Waals surface area contributed by atoms with Crippen LogP contribution in [0.4, 0.5) is 0 Å². The second-order valence-electron chi connectivity index (χ2n) is 7.18. The van der Waals surface area contributed by atoms with E-state index < -0.39 is 0 Å². The second-order valence-corrected chi connectivity index (χ2v) is 8.13. The predicted octanol–water partition coefficient (Wildman–Crippen LogP) is 2.85. The Labute approximate surface area is 146 Å². The van der Waals surface area contributed by atoms with E-state index in [1.54, 1.807) is 11.3 Å². The molecule has 2 aromatic rings. The molecule has 0 aromatic carbocycles. The summed E-state index contributed by atoms with van der Waals surface area (Å²) >= 11 is 1.56. The van der Waals surface area contributed by atoms with Crippen LogP contribution in [0.5, 0.6) is 0 Å². The van der Waals surface area contributed by atoms with Crippen molar-refractivity contribution >= 4 is 17.2 Å². The van der Waals surface area contributed by atoms with Crippen LogP contribution < -0.4 is 0 Å². The highest BCUT2D eigenvalue weighted by molar-refractivity contribution is 7.12. The van der Waals surface area contributed by atoms with E-state index in [4.69, 9.17) is 0 Å². The highest BCUT2D eigenvalue weighted by Crippen LogP contribution is 2.46. The Hall–Kier alpha value is -1.72. The summed E-state index contributed by atoms with van der Waals surface area (Å²) < 4.78 is 0. The molecule has 6 rings (SSSR count). The van der Waals surface area contributed by atoms with Crippen LogP contribution in [0, 0.1) is 5.92 Å². The summed E-state index contributed by atoms with van der Waals surface area (Å²) in [7, 11) is 0. The number of thiophene rings is 1. The Morgan fingerprint density at radius 3 is 2.75 bits per heavy atom. The van der Waals surface area contributed by atoms with Crippen LogP contribution in [0.2, 0.25) is 0 Å². The summed E-state index contributed by atoms with van der Waals surface area (Å²) in [5, 5.41) is 2.00. The maximum Gasteiger partial charge on any atom is 0.264 e. The zero-order valence-corrected chi connectivity index (χ0v) is 14.4. The number of rotatable bonds is 2. The van der Waals surface area contributed by atoms with Crippen molar-refractivity contribution < 1.29 is 4.79 Å². The fraction of sp³-hybridized carbons (Fsp3) is 0.474. The van der Waals surface area contributed by atoms with Crippen LogP contribution in [-0.4, -0.2) is 52.4 Å². The first-order chi connectivity index (χ1) is 11.8. The van der Waals surface area contributed by atoms with Gasteiger partial charge in [0.25, 0.3) is 5.91 Å². The number of piperidine rings is 3. The van der Waals surface area contributed by atoms with Crippen molar-refractivity contribution in [2.75, 3.05) is 19.6 Å². The first-order valence-corrected chi connectivity index (χ1v) is 9.69. The molecule has 124 valence electrons. The van der Waals surface area contributed by atoms with Crippen molar-refractivity contribution in [1.82, 2.24) is 14.8 Å². The van der Waals surface area contributed by atoms with Crippen LogP contribution in [-0.2, 0) is 0 Å². The van der Waals surface area contributed by atoms with E-state index in [9.17, 15) is 4.79 Å². The quantitative estimate of drug-likeness (QED) is 0.844. The molecule has 6 heterocycles. The lowest BCUT2D eigenvalue weighted by molar-refractivity contribution is -0.00327. The van der Waals surface area contributed by atoms with Gasteiger partial charge < -0.3 is 4.90 Å². The minimum Gasteiger partial charge on any atom is -0.332 e. The maximum atomic E-state index is 13.1. The normalized spacial score (nSPS) is 34.3. The molecule has 0 radical (unpaired) electrons. The molecule has 0 aliphatic carbocycles. The number of hydrogen-bond acceptors (Lipinski definition) is 4. The van der Waals surface area contributed by atoms with Crippen LogP contribution >= 0.6 is 11.3 Å². The Morgan fingerprint density at radius 2 is 2.04 bits per heavy atom. The van der Waals surface area contributed by atoms with Crippen molar-refractivity contribution in [3.05, 3.63) is 52.5 Å². The van der Waals surface area contributed by atoms with Gasteiger partial charge >= 0.3 is 0 Å². The largest absolute Gasteiger partial charge is 0.332 e. The molecule has 5 heteroatoms. The lowest BCUT2D eigenvalue weighted by Gasteiger charge is -2.51. The Balaban J connectivity index is 1.54. The van der Waals surface area contributed by atoms with Crippen molar-refractivity contribution in [1.29, 1.82) is 0 Å². The molecule has 1 amide bonds. The summed E-state index contributed by atoms with van der Waals surface area (Å²) in [6.07, 6.45) is 6.28. The van der Waals surface area contributed by atoms with Gasteiger partial charge in [0.05, 0.1) is 10.9 Å². The minimum atomic E-state index is 0.222. The third-order valence-corrected chi connectivity index (χ3v) is 6.96. The number of likely N-dealkylation sites (tertiary alicyclic amines) is 1. The first-order valence-electron chi connectivity index (χ1n) is 8.81. The Kier molecular flexibility index (Phi) is 3.45. The summed E-state index contributed by atoms with van der Waals surface area (Å²) in [6, 6.07) is 8.96. The van der Waals surface area contributed by atoms with Gasteiger partial charge in [-0.2, -0.15) is 0 Å². The molecule has 4 saturated heterocycles. The standard InChI is InChI=1S/C19H21N3OS/c23-19(16-4-2-10-24-16)22-12-15(14-3-1-7-20-11-14)18-17(22)13-5-8-21(18)9-6-13/h1-4,7,10-11,13,15,17-18H,5-6,8-9,12H2. The highest BCUT2D eigenvalue weighted by atomic mass is 32.1. The summed E-state index contributed by atoms with van der Waals surface area (Å²) in [5.41, 5.74) is 1.28. The zero-order valence-electron chi connectivity index (χ0n) is 13.5. The molecule has 0 spiro atoms. The Bertz CT molecular complexity index is 724. The molecular weight excluding hydrogens is 318 g/mol. The van der Waals surface area contributed by atoms with E-state index in [0.717, 1.165) is 11.4 Å². The average Bonchev–Trinajstić information content (AvgIpc) is 3.32. The monoisotopic (exact) mass is 339 g/mol. The fourth-order valence-electron chi connectivity index (χ4n) is 5.08. The van der Waals surface area contributed by atoms with Crippen molar-refractivity contribution in [3.8, 4) is 0 Å². The first kappa shape index (κ1) is 14.6. The van der Waals surface area contributed by atoms with E-state index in [1.807, 2.05) is 36.0 Å². The molecule has 2 aromatic heterocycles. The number of carbonyl (C=O) groups excluding carboxylic acids is 1. The number of fused-ring (bicyclic) bond motifs is 2. The smallest absolute Gasteiger partial charge is 0.264 e. The number of aromatic nitrogens is 1. The Morgan fingerprint density at radius 1 is 1.17 bits per heavy atom. The minimum absolute atomic E-state index is 0.222. The van der Waals surface area contributed by atoms with E-state index in [-0.39, 0.29) is 5.91 Å². The van der Waals surface area contributed by atoms with Gasteiger partial charge in [-0.05, 0) is 54.9 Å². The molecule has 24 heavy (non-hydrogen) atoms. The van der Waals surface area contributed by atoms with Crippen molar-refractivity contribution in [2.24, 2.45) is 5.92 Å². The lowest BCUT2D eigenvalue weighted by atomic mass is 9.75. The third-order valence-electron chi connectivity index (χ3n) is 6.10. The van der Waals surface area contributed by atoms with Gasteiger partial charge in [-0.15, -0.1) is 11.3 Å². The molecular formula is C19H21N3OS. The number of amides is 1. The van der Waals surface area contributed by atoms with Crippen LogP contribution in [0.1, 0.15) is 34.0 Å². The molecule has 3 unspecified atom stereocenters. The summed E-state index contributed by atoms with van der Waals surface area (Å²) in [6.45, 7) is 3.19. The van der Waals surface area contributed by atoms with Crippen molar-refractivity contribution in [3.63, 3.8) is 0 Å². The number of hydrogen-bond donors (Lipinski definition) is 0. The van der Waals surface area contributed by atoms with E-state index >= 15 is 0 Å². The third kappa shape index (κ3) is 2.15. The second kappa shape index (κ2) is 5.67. The fourth-order valence-corrected chi connectivity index (χ4v) is 5.76. The maximum absolute atomic E-state index is 13.1. The molecule has 4 aliphatic heterocycles. The van der Waals surface area contributed by atoms with E-state index in [1.165, 1.54) is 31.5 Å². The van der Waals surface area contributed by atoms with Gasteiger partial charge in [0, 0.05) is 30.9 Å². The molecule has 3 atom stereocenters. The van der Waals surface area contributed by atoms with Crippen LogP contribution in [0.25, 0.3) is 0 Å². The van der Waals surface area contributed by atoms with Crippen LogP contribution in [0.15, 0.2) is 42.0 Å². The summed E-state index contributed by atoms with van der Waals surface area (Å²) in [4.78, 5) is 23.1. The SMILES string of the molecule is O=C(c1cccs1)N1CC(c2cccnc2)C2C1C1CCN2CC1. The molecule has 0 saturated carbocycles. The molecule has 4 aliphatic rings. The van der Waals surface area contributed by atoms with Gasteiger partial charge in [-0.1, -0.05) is 12.1 Å². The van der Waals surface area contributed by atoms with Crippen molar-refractivity contribution in [2.45, 2.75) is 30.8 Å². The molecule has 2 bridgehead atoms. The van der Waals surface area contributed by atoms with Gasteiger partial charge in [0.15, 0.2) is 0 Å². The summed E-state index contributed by atoms with van der Waals surface area (Å²) in [5.74, 6) is 1.27. The van der Waals surface area contributed by atoms with Gasteiger partial charge in [-0.3, -0.25) is 14.7 Å². The molecule has 4 fully saturated rings. The van der Waals surface area contributed by atoms with E-state index in [2.05, 4.69) is 20.9 Å². The van der Waals surface area contributed by atoms with Crippen LogP contribution in [0.3, 0.4) is 0 Å². The molecule has 4 nitrogen and oxygen atoms in total. The zero-order chi connectivity index (χ0) is 16.1. The number of carbonyl (C=O) groups is 1. The van der Waals surface area contributed by atoms with Gasteiger partial charge in [0.1, 0.15) is 0 Å². The van der Waals surface area contributed by atoms with Gasteiger partial charge in [0.2, 0.25) is 0 Å². The topological polar surface area (TPSA) is 36.4 Å². The average molecular weight is 339 g/mol. The van der Waals surface area contributed by atoms with Gasteiger partial charge in [-0.25, -0.2) is 0 Å². The predicted molar refractivity (Wildman–Crippen MR) is 94.2 cm³/mol. The van der Waals surface area contributed by atoms with E-state index in [0.29, 0.717) is 23.9 Å². The molecule has 0 N–H and O–H groups in total. The highest BCUT2D eigenvalue weighted by Gasteiger charge is 2.54. The lowest BCUT2D eigenvalue weighted by Crippen LogP contribution is -2.60.